The first kappa shape index (κ1) is 17.9. The summed E-state index contributed by atoms with van der Waals surface area (Å²) in [4.78, 5) is 31.1. The Bertz CT molecular complexity index is 999. The van der Waals surface area contributed by atoms with Gasteiger partial charge in [-0.2, -0.15) is 0 Å². The second kappa shape index (κ2) is 7.64. The van der Waals surface area contributed by atoms with Crippen LogP contribution in [0.4, 0.5) is 5.69 Å². The van der Waals surface area contributed by atoms with Crippen LogP contribution in [0.2, 0.25) is 0 Å². The first-order valence-electron chi connectivity index (χ1n) is 9.21. The van der Waals surface area contributed by atoms with Crippen molar-refractivity contribution < 1.29 is 9.59 Å². The minimum absolute atomic E-state index is 0.0631. The van der Waals surface area contributed by atoms with E-state index in [-0.39, 0.29) is 11.7 Å². The van der Waals surface area contributed by atoms with E-state index in [1.165, 1.54) is 6.33 Å². The fourth-order valence-corrected chi connectivity index (χ4v) is 3.43. The summed E-state index contributed by atoms with van der Waals surface area (Å²) in [5, 5.41) is 7.05. The van der Waals surface area contributed by atoms with E-state index in [1.54, 1.807) is 16.6 Å². The van der Waals surface area contributed by atoms with E-state index >= 15 is 0 Å². The number of aryl methyl sites for hydroxylation is 1. The number of carbonyl (C=O) groups excluding carboxylic acids is 2. The molecule has 2 aromatic carbocycles. The molecule has 1 aliphatic rings. The summed E-state index contributed by atoms with van der Waals surface area (Å²) in [5.74, 6) is -0.514. The number of nitrogens with one attached hydrogen (secondary N) is 1. The molecule has 2 amide bonds. The third-order valence-corrected chi connectivity index (χ3v) is 4.92. The maximum atomic E-state index is 12.8. The van der Waals surface area contributed by atoms with Gasteiger partial charge in [-0.15, -0.1) is 5.10 Å². The predicted octanol–water partition coefficient (Wildman–Crippen LogP) is 2.03. The van der Waals surface area contributed by atoms with Gasteiger partial charge < -0.3 is 10.2 Å². The minimum atomic E-state index is -0.606. The van der Waals surface area contributed by atoms with Gasteiger partial charge >= 0.3 is 0 Å². The van der Waals surface area contributed by atoms with Crippen molar-refractivity contribution in [2.24, 2.45) is 0 Å². The van der Waals surface area contributed by atoms with Crippen molar-refractivity contribution in [2.45, 2.75) is 25.4 Å². The van der Waals surface area contributed by atoms with Gasteiger partial charge in [-0.05, 0) is 30.0 Å². The fraction of sp³-hybridized carbons (Fsp3) is 0.238. The summed E-state index contributed by atoms with van der Waals surface area (Å²) in [6.07, 6.45) is 2.78. The van der Waals surface area contributed by atoms with Crippen molar-refractivity contribution in [1.29, 1.82) is 0 Å². The number of benzene rings is 2. The second-order valence-corrected chi connectivity index (χ2v) is 6.84. The average Bonchev–Trinajstić information content (AvgIpc) is 3.15. The van der Waals surface area contributed by atoms with Crippen LogP contribution in [0.3, 0.4) is 0 Å². The summed E-state index contributed by atoms with van der Waals surface area (Å²) < 4.78 is 1.61. The molecule has 142 valence electrons. The summed E-state index contributed by atoms with van der Waals surface area (Å²) in [5.41, 5.74) is 3.05. The molecule has 0 saturated heterocycles. The van der Waals surface area contributed by atoms with Crippen LogP contribution in [0.5, 0.6) is 0 Å². The molecule has 0 radical (unpaired) electrons. The number of anilines is 1. The second-order valence-electron chi connectivity index (χ2n) is 6.84. The molecule has 0 spiro atoms. The topological polar surface area (TPSA) is 80.1 Å². The van der Waals surface area contributed by atoms with Gasteiger partial charge in [0.25, 0.3) is 5.91 Å². The number of hydrogen-bond donors (Lipinski definition) is 1. The molecule has 0 saturated carbocycles. The molecule has 1 unspecified atom stereocenters. The molecule has 3 aromatic rings. The van der Waals surface area contributed by atoms with Gasteiger partial charge in [-0.3, -0.25) is 9.59 Å². The van der Waals surface area contributed by atoms with E-state index in [2.05, 4.69) is 15.4 Å². The van der Waals surface area contributed by atoms with Gasteiger partial charge in [-0.1, -0.05) is 48.5 Å². The molecule has 4 rings (SSSR count). The van der Waals surface area contributed by atoms with Crippen LogP contribution in [0, 0.1) is 0 Å². The van der Waals surface area contributed by atoms with E-state index in [4.69, 9.17) is 0 Å². The van der Waals surface area contributed by atoms with Gasteiger partial charge in [0.1, 0.15) is 12.4 Å². The van der Waals surface area contributed by atoms with Crippen LogP contribution in [0.15, 0.2) is 60.9 Å². The highest BCUT2D eigenvalue weighted by molar-refractivity contribution is 6.01. The smallest absolute Gasteiger partial charge is 0.291 e. The molecule has 1 aliphatic heterocycles. The van der Waals surface area contributed by atoms with Gasteiger partial charge in [0.2, 0.25) is 11.7 Å². The van der Waals surface area contributed by atoms with E-state index in [1.807, 2.05) is 54.6 Å². The lowest BCUT2D eigenvalue weighted by molar-refractivity contribution is -0.120. The molecule has 7 nitrogen and oxygen atoms in total. The Morgan fingerprint density at radius 3 is 2.71 bits per heavy atom. The van der Waals surface area contributed by atoms with Crippen molar-refractivity contribution in [2.75, 3.05) is 11.9 Å². The van der Waals surface area contributed by atoms with Crippen LogP contribution < -0.4 is 10.2 Å². The van der Waals surface area contributed by atoms with Crippen LogP contribution in [-0.2, 0) is 17.8 Å². The highest BCUT2D eigenvalue weighted by Gasteiger charge is 2.30. The Balaban J connectivity index is 1.45. The molecule has 1 N–H and O–H groups in total. The Labute approximate surface area is 163 Å². The molecule has 1 atom stereocenters. The lowest BCUT2D eigenvalue weighted by Gasteiger charge is -2.21. The number of likely N-dealkylation sites (N-methyl/N-ethyl adjacent to an activating group) is 1. The first-order valence-corrected chi connectivity index (χ1v) is 9.21. The Hall–Kier alpha value is -3.48. The van der Waals surface area contributed by atoms with Crippen LogP contribution in [0.1, 0.15) is 28.2 Å². The SMILES string of the molecule is CN1C(=O)C(NC(=O)c2ncn(Cc3ccccc3)n2)CCc2ccccc21. The number of fused-ring (bicyclic) bond motifs is 1. The van der Waals surface area contributed by atoms with E-state index < -0.39 is 11.9 Å². The molecule has 2 heterocycles. The van der Waals surface area contributed by atoms with Crippen molar-refractivity contribution in [1.82, 2.24) is 20.1 Å². The molecular formula is C21H21N5O2. The predicted molar refractivity (Wildman–Crippen MR) is 105 cm³/mol. The molecule has 0 bridgehead atoms. The number of carbonyl (C=O) groups is 2. The number of amides is 2. The summed E-state index contributed by atoms with van der Waals surface area (Å²) in [6.45, 7) is 0.529. The van der Waals surface area contributed by atoms with Crippen LogP contribution in [-0.4, -0.2) is 39.7 Å². The average molecular weight is 375 g/mol. The van der Waals surface area contributed by atoms with Crippen molar-refractivity contribution in [3.63, 3.8) is 0 Å². The van der Waals surface area contributed by atoms with E-state index in [0.29, 0.717) is 19.4 Å². The van der Waals surface area contributed by atoms with Gasteiger partial charge in [0.15, 0.2) is 0 Å². The van der Waals surface area contributed by atoms with E-state index in [9.17, 15) is 9.59 Å². The number of rotatable bonds is 4. The normalized spacial score (nSPS) is 16.4. The zero-order chi connectivity index (χ0) is 19.5. The molecule has 28 heavy (non-hydrogen) atoms. The summed E-state index contributed by atoms with van der Waals surface area (Å²) in [7, 11) is 1.73. The van der Waals surface area contributed by atoms with Crippen LogP contribution >= 0.6 is 0 Å². The van der Waals surface area contributed by atoms with Gasteiger partial charge in [0, 0.05) is 12.7 Å². The third kappa shape index (κ3) is 3.64. The highest BCUT2D eigenvalue weighted by atomic mass is 16.2. The number of hydrogen-bond acceptors (Lipinski definition) is 4. The monoisotopic (exact) mass is 375 g/mol. The maximum absolute atomic E-state index is 12.8. The Kier molecular flexibility index (Phi) is 4.89. The summed E-state index contributed by atoms with van der Waals surface area (Å²) in [6, 6.07) is 17.0. The van der Waals surface area contributed by atoms with Crippen molar-refractivity contribution >= 4 is 17.5 Å². The zero-order valence-electron chi connectivity index (χ0n) is 15.6. The Morgan fingerprint density at radius 1 is 1.14 bits per heavy atom. The lowest BCUT2D eigenvalue weighted by atomic mass is 10.1. The molecular weight excluding hydrogens is 354 g/mol. The quantitative estimate of drug-likeness (QED) is 0.757. The number of nitrogens with zero attached hydrogens (tertiary/aromatic N) is 4. The fourth-order valence-electron chi connectivity index (χ4n) is 3.43. The maximum Gasteiger partial charge on any atom is 0.291 e. The Morgan fingerprint density at radius 2 is 1.89 bits per heavy atom. The first-order chi connectivity index (χ1) is 13.6. The summed E-state index contributed by atoms with van der Waals surface area (Å²) >= 11 is 0. The molecule has 7 heteroatoms. The van der Waals surface area contributed by atoms with Gasteiger partial charge in [-0.25, -0.2) is 9.67 Å². The third-order valence-electron chi connectivity index (χ3n) is 4.92. The van der Waals surface area contributed by atoms with Gasteiger partial charge in [0.05, 0.1) is 6.54 Å². The molecule has 1 aromatic heterocycles. The number of aromatic nitrogens is 3. The standard InChI is InChI=1S/C21H21N5O2/c1-25-18-10-6-5-9-16(18)11-12-17(21(25)28)23-20(27)19-22-14-26(24-19)13-15-7-3-2-4-8-15/h2-10,14,17H,11-13H2,1H3,(H,23,27). The zero-order valence-corrected chi connectivity index (χ0v) is 15.6. The largest absolute Gasteiger partial charge is 0.337 e. The number of para-hydroxylation sites is 1. The minimum Gasteiger partial charge on any atom is -0.337 e. The van der Waals surface area contributed by atoms with E-state index in [0.717, 1.165) is 16.8 Å². The lowest BCUT2D eigenvalue weighted by Crippen LogP contribution is -2.47. The molecule has 0 fully saturated rings. The van der Waals surface area contributed by atoms with Crippen molar-refractivity contribution in [3.8, 4) is 0 Å². The highest BCUT2D eigenvalue weighted by Crippen LogP contribution is 2.25. The van der Waals surface area contributed by atoms with Crippen molar-refractivity contribution in [3.05, 3.63) is 77.9 Å². The molecule has 0 aliphatic carbocycles. The van der Waals surface area contributed by atoms with Crippen LogP contribution in [0.25, 0.3) is 0 Å².